The number of fused-ring (bicyclic) bond motifs is 1. The number of nitrogens with zero attached hydrogens (tertiary/aromatic N) is 2. The Labute approximate surface area is 180 Å². The Morgan fingerprint density at radius 1 is 1.10 bits per heavy atom. The molecule has 0 aliphatic heterocycles. The van der Waals surface area contributed by atoms with Crippen LogP contribution in [0.25, 0.3) is 10.1 Å². The molecule has 2 aromatic carbocycles. The minimum absolute atomic E-state index is 0.100. The van der Waals surface area contributed by atoms with E-state index in [1.54, 1.807) is 53.2 Å². The molecule has 1 atom stereocenters. The van der Waals surface area contributed by atoms with Gasteiger partial charge in [-0.2, -0.15) is 4.31 Å². The van der Waals surface area contributed by atoms with Crippen molar-refractivity contribution in [2.24, 2.45) is 0 Å². The molecule has 0 bridgehead atoms. The van der Waals surface area contributed by atoms with Gasteiger partial charge >= 0.3 is 0 Å². The Balaban J connectivity index is 1.99. The first kappa shape index (κ1) is 22.4. The predicted molar refractivity (Wildman–Crippen MR) is 119 cm³/mol. The Morgan fingerprint density at radius 3 is 2.50 bits per heavy atom. The molecule has 0 fully saturated rings. The molecule has 0 radical (unpaired) electrons. The highest BCUT2D eigenvalue weighted by Gasteiger charge is 2.36. The quantitative estimate of drug-likeness (QED) is 0.389. The van der Waals surface area contributed by atoms with Crippen LogP contribution >= 0.6 is 11.3 Å². The second kappa shape index (κ2) is 9.67. The van der Waals surface area contributed by atoms with Gasteiger partial charge in [0.1, 0.15) is 6.04 Å². The monoisotopic (exact) mass is 447 g/mol. The van der Waals surface area contributed by atoms with Gasteiger partial charge in [0.2, 0.25) is 10.0 Å². The number of nitrogens with one attached hydrogen (secondary N) is 1. The molecule has 3 rings (SSSR count). The standard InChI is InChI=1S/C21H25N3O4S2/c1-23(2)11-12-24(20(21(25)22-26)17-6-4-3-5-7-17)30(27,28)15-16-8-9-19-18(14-16)10-13-29-19/h3-10,13-14,20,26H,11-12,15H2,1-2H3,(H,22,25)/t20-/m0/s1. The zero-order valence-corrected chi connectivity index (χ0v) is 18.5. The average molecular weight is 448 g/mol. The SMILES string of the molecule is CN(C)CCN([C@H](C(=O)NO)c1ccccc1)S(=O)(=O)Cc1ccc2sccc2c1. The third-order valence-electron chi connectivity index (χ3n) is 4.75. The number of hydroxylamine groups is 1. The number of sulfonamides is 1. The summed E-state index contributed by atoms with van der Waals surface area (Å²) in [7, 11) is -0.223. The van der Waals surface area contributed by atoms with E-state index in [2.05, 4.69) is 0 Å². The van der Waals surface area contributed by atoms with E-state index in [0.717, 1.165) is 10.1 Å². The van der Waals surface area contributed by atoms with Crippen LogP contribution in [0.4, 0.5) is 0 Å². The second-order valence-electron chi connectivity index (χ2n) is 7.25. The maximum Gasteiger partial charge on any atom is 0.266 e. The van der Waals surface area contributed by atoms with E-state index < -0.39 is 22.0 Å². The van der Waals surface area contributed by atoms with Crippen LogP contribution in [0.15, 0.2) is 60.0 Å². The smallest absolute Gasteiger partial charge is 0.266 e. The van der Waals surface area contributed by atoms with Crippen molar-refractivity contribution in [2.45, 2.75) is 11.8 Å². The van der Waals surface area contributed by atoms with Crippen molar-refractivity contribution in [3.05, 3.63) is 71.1 Å². The summed E-state index contributed by atoms with van der Waals surface area (Å²) in [5.41, 5.74) is 2.76. The molecule has 0 saturated carbocycles. The fourth-order valence-electron chi connectivity index (χ4n) is 3.27. The summed E-state index contributed by atoms with van der Waals surface area (Å²) in [6.45, 7) is 0.522. The van der Waals surface area contributed by atoms with Gasteiger partial charge in [-0.25, -0.2) is 13.9 Å². The van der Waals surface area contributed by atoms with Crippen molar-refractivity contribution < 1.29 is 18.4 Å². The number of rotatable bonds is 9. The molecule has 0 aliphatic rings. The summed E-state index contributed by atoms with van der Waals surface area (Å²) in [5.74, 6) is -1.04. The van der Waals surface area contributed by atoms with Gasteiger partial charge in [0.05, 0.1) is 5.75 Å². The van der Waals surface area contributed by atoms with Crippen LogP contribution in [0, 0.1) is 0 Å². The molecule has 0 aliphatic carbocycles. The largest absolute Gasteiger partial charge is 0.308 e. The normalized spacial score (nSPS) is 13.1. The molecular weight excluding hydrogens is 422 g/mol. The van der Waals surface area contributed by atoms with E-state index in [-0.39, 0.29) is 12.3 Å². The molecule has 1 amide bonds. The molecule has 0 spiro atoms. The number of carbonyl (C=O) groups excluding carboxylic acids is 1. The zero-order valence-electron chi connectivity index (χ0n) is 16.9. The van der Waals surface area contributed by atoms with E-state index in [1.807, 2.05) is 42.6 Å². The van der Waals surface area contributed by atoms with E-state index in [1.165, 1.54) is 4.31 Å². The summed E-state index contributed by atoms with van der Waals surface area (Å²) in [6, 6.07) is 14.9. The molecule has 1 aromatic heterocycles. The van der Waals surface area contributed by atoms with Crippen LogP contribution < -0.4 is 5.48 Å². The van der Waals surface area contributed by atoms with Crippen LogP contribution in [-0.4, -0.2) is 55.9 Å². The first-order chi connectivity index (χ1) is 14.3. The lowest BCUT2D eigenvalue weighted by Crippen LogP contribution is -2.45. The van der Waals surface area contributed by atoms with Crippen molar-refractivity contribution in [2.75, 3.05) is 27.2 Å². The second-order valence-corrected chi connectivity index (χ2v) is 10.1. The van der Waals surface area contributed by atoms with E-state index >= 15 is 0 Å². The number of benzene rings is 2. The minimum Gasteiger partial charge on any atom is -0.308 e. The number of amides is 1. The molecular formula is C21H25N3O4S2. The maximum atomic E-state index is 13.5. The summed E-state index contributed by atoms with van der Waals surface area (Å²) in [5, 5.41) is 12.3. The Kier molecular flexibility index (Phi) is 7.22. The summed E-state index contributed by atoms with van der Waals surface area (Å²) in [6.07, 6.45) is 0. The fourth-order valence-corrected chi connectivity index (χ4v) is 5.71. The van der Waals surface area contributed by atoms with Gasteiger partial charge in [-0.1, -0.05) is 36.4 Å². The van der Waals surface area contributed by atoms with Crippen molar-refractivity contribution in [1.82, 2.24) is 14.7 Å². The van der Waals surface area contributed by atoms with Crippen LogP contribution in [-0.2, 0) is 20.6 Å². The Morgan fingerprint density at radius 2 is 1.83 bits per heavy atom. The third-order valence-corrected chi connectivity index (χ3v) is 7.46. The van der Waals surface area contributed by atoms with Crippen LogP contribution in [0.1, 0.15) is 17.2 Å². The molecule has 2 N–H and O–H groups in total. The number of thiophene rings is 1. The lowest BCUT2D eigenvalue weighted by Gasteiger charge is -2.30. The van der Waals surface area contributed by atoms with Gasteiger partial charge in [0.15, 0.2) is 0 Å². The van der Waals surface area contributed by atoms with Gasteiger partial charge in [-0.05, 0) is 54.2 Å². The molecule has 0 saturated heterocycles. The predicted octanol–water partition coefficient (Wildman–Crippen LogP) is 2.84. The van der Waals surface area contributed by atoms with Crippen LogP contribution in [0.2, 0.25) is 0 Å². The van der Waals surface area contributed by atoms with Crippen LogP contribution in [0.5, 0.6) is 0 Å². The van der Waals surface area contributed by atoms with Crippen molar-refractivity contribution in [3.8, 4) is 0 Å². The summed E-state index contributed by atoms with van der Waals surface area (Å²) < 4.78 is 29.2. The lowest BCUT2D eigenvalue weighted by molar-refractivity contribution is -0.133. The zero-order chi connectivity index (χ0) is 21.7. The van der Waals surface area contributed by atoms with Gasteiger partial charge in [0, 0.05) is 17.8 Å². The Hall–Kier alpha value is -2.30. The van der Waals surface area contributed by atoms with Gasteiger partial charge in [0.25, 0.3) is 5.91 Å². The highest BCUT2D eigenvalue weighted by Crippen LogP contribution is 2.28. The first-order valence-electron chi connectivity index (χ1n) is 9.41. The van der Waals surface area contributed by atoms with Crippen molar-refractivity contribution in [1.29, 1.82) is 0 Å². The number of carbonyl (C=O) groups is 1. The minimum atomic E-state index is -3.89. The third kappa shape index (κ3) is 5.24. The topological polar surface area (TPSA) is 89.9 Å². The molecule has 30 heavy (non-hydrogen) atoms. The average Bonchev–Trinajstić information content (AvgIpc) is 3.18. The fraction of sp³-hybridized carbons (Fsp3) is 0.286. The molecule has 160 valence electrons. The summed E-state index contributed by atoms with van der Waals surface area (Å²) >= 11 is 1.59. The van der Waals surface area contributed by atoms with E-state index in [9.17, 15) is 18.4 Å². The lowest BCUT2D eigenvalue weighted by atomic mass is 10.1. The Bertz CT molecular complexity index is 1100. The highest BCUT2D eigenvalue weighted by atomic mass is 32.2. The highest BCUT2D eigenvalue weighted by molar-refractivity contribution is 7.88. The number of likely N-dealkylation sites (N-methyl/N-ethyl adjacent to an activating group) is 1. The molecule has 1 heterocycles. The molecule has 0 unspecified atom stereocenters. The van der Waals surface area contributed by atoms with Gasteiger partial charge in [-0.3, -0.25) is 10.0 Å². The number of hydrogen-bond acceptors (Lipinski definition) is 6. The first-order valence-corrected chi connectivity index (χ1v) is 11.9. The van der Waals surface area contributed by atoms with Crippen LogP contribution in [0.3, 0.4) is 0 Å². The summed E-state index contributed by atoms with van der Waals surface area (Å²) in [4.78, 5) is 14.4. The van der Waals surface area contributed by atoms with Gasteiger partial charge in [-0.15, -0.1) is 11.3 Å². The van der Waals surface area contributed by atoms with Crippen molar-refractivity contribution >= 4 is 37.4 Å². The van der Waals surface area contributed by atoms with E-state index in [0.29, 0.717) is 17.7 Å². The molecule has 3 aromatic rings. The molecule has 9 heteroatoms. The molecule has 7 nitrogen and oxygen atoms in total. The van der Waals surface area contributed by atoms with Crippen molar-refractivity contribution in [3.63, 3.8) is 0 Å². The van der Waals surface area contributed by atoms with E-state index in [4.69, 9.17) is 0 Å². The maximum absolute atomic E-state index is 13.5. The number of hydrogen-bond donors (Lipinski definition) is 2. The van der Waals surface area contributed by atoms with Gasteiger partial charge < -0.3 is 4.90 Å².